The first-order valence-corrected chi connectivity index (χ1v) is 13.3. The Balaban J connectivity index is 1.45. The Morgan fingerprint density at radius 1 is 0.844 bits per heavy atom. The van der Waals surface area contributed by atoms with Gasteiger partial charge in [-0.15, -0.1) is 0 Å². The summed E-state index contributed by atoms with van der Waals surface area (Å²) in [5.74, 6) is -1.66. The van der Waals surface area contributed by atoms with Crippen molar-refractivity contribution in [2.45, 2.75) is 25.9 Å². The minimum atomic E-state index is -5.02. The van der Waals surface area contributed by atoms with Crippen molar-refractivity contribution in [2.75, 3.05) is 0 Å². The van der Waals surface area contributed by atoms with Gasteiger partial charge in [0.25, 0.3) is 0 Å². The Morgan fingerprint density at radius 2 is 1.47 bits per heavy atom. The summed E-state index contributed by atoms with van der Waals surface area (Å²) in [5.41, 5.74) is 0.807. The lowest BCUT2D eigenvalue weighted by Gasteiger charge is -2.17. The summed E-state index contributed by atoms with van der Waals surface area (Å²) >= 11 is 0. The van der Waals surface area contributed by atoms with E-state index in [1.807, 2.05) is 0 Å². The number of rotatable bonds is 8. The molecule has 5 rings (SSSR count). The standard InChI is InChI=1S/C33H23F6N3O3/c1-19(2)24-5-3-6-25(27-7-4-8-28(41-27)42-30(33(37,38)39)26(17-40-42)31(43)44)29(24)45-18-20-9-11-21(12-10-20)22-13-15-23(16-14-22)32(34,35)36/h3-17H,1,18H2,2H3,(H,43,44). The number of alkyl halides is 6. The highest BCUT2D eigenvalue weighted by Crippen LogP contribution is 2.38. The molecule has 0 saturated heterocycles. The molecule has 0 aliphatic heterocycles. The van der Waals surface area contributed by atoms with Crippen LogP contribution in [0.3, 0.4) is 0 Å². The third-order valence-electron chi connectivity index (χ3n) is 6.85. The zero-order chi connectivity index (χ0) is 32.5. The number of allylic oxidation sites excluding steroid dienone is 1. The number of benzene rings is 3. The number of ether oxygens (including phenoxy) is 1. The highest BCUT2D eigenvalue weighted by molar-refractivity contribution is 5.89. The van der Waals surface area contributed by atoms with E-state index in [1.165, 1.54) is 24.3 Å². The smallest absolute Gasteiger partial charge is 0.434 e. The van der Waals surface area contributed by atoms with Crippen LogP contribution in [-0.2, 0) is 19.0 Å². The fraction of sp³-hybridized carbons (Fsp3) is 0.121. The van der Waals surface area contributed by atoms with Crippen molar-refractivity contribution in [3.63, 3.8) is 0 Å². The van der Waals surface area contributed by atoms with Gasteiger partial charge in [-0.25, -0.2) is 14.5 Å². The number of aromatic nitrogens is 3. The average Bonchev–Trinajstić information content (AvgIpc) is 3.47. The van der Waals surface area contributed by atoms with Crippen LogP contribution in [0.4, 0.5) is 26.3 Å². The predicted octanol–water partition coefficient (Wildman–Crippen LogP) is 8.95. The zero-order valence-corrected chi connectivity index (χ0v) is 23.4. The van der Waals surface area contributed by atoms with Crippen molar-refractivity contribution >= 4 is 11.5 Å². The largest absolute Gasteiger partial charge is 0.488 e. The number of nitrogens with zero attached hydrogens (tertiary/aromatic N) is 3. The second-order valence-electron chi connectivity index (χ2n) is 10.0. The molecule has 0 amide bonds. The number of carbonyl (C=O) groups is 1. The molecule has 3 aromatic carbocycles. The Bertz CT molecular complexity index is 1880. The van der Waals surface area contributed by atoms with Crippen molar-refractivity contribution in [2.24, 2.45) is 0 Å². The SMILES string of the molecule is C=C(C)c1cccc(-c2cccc(-n3ncc(C(=O)O)c3C(F)(F)F)n2)c1OCc1ccc(-c2ccc(C(F)(F)F)cc2)cc1. The minimum absolute atomic E-state index is 0.0730. The van der Waals surface area contributed by atoms with Gasteiger partial charge in [0.15, 0.2) is 11.5 Å². The number of hydrogen-bond acceptors (Lipinski definition) is 4. The molecular formula is C33H23F6N3O3. The highest BCUT2D eigenvalue weighted by Gasteiger charge is 2.41. The summed E-state index contributed by atoms with van der Waals surface area (Å²) in [6, 6.07) is 21.4. The van der Waals surface area contributed by atoms with E-state index in [2.05, 4.69) is 16.7 Å². The van der Waals surface area contributed by atoms with Gasteiger partial charge in [0, 0.05) is 11.1 Å². The van der Waals surface area contributed by atoms with Crippen molar-refractivity contribution in [1.29, 1.82) is 0 Å². The molecule has 2 heterocycles. The Kier molecular flexibility index (Phi) is 8.24. The van der Waals surface area contributed by atoms with Crippen molar-refractivity contribution < 1.29 is 41.0 Å². The summed E-state index contributed by atoms with van der Waals surface area (Å²) in [7, 11) is 0. The molecule has 230 valence electrons. The van der Waals surface area contributed by atoms with Crippen LogP contribution in [0.2, 0.25) is 0 Å². The van der Waals surface area contributed by atoms with E-state index >= 15 is 0 Å². The van der Waals surface area contributed by atoms with Gasteiger partial charge < -0.3 is 9.84 Å². The summed E-state index contributed by atoms with van der Waals surface area (Å²) in [6.07, 6.45) is -8.82. The molecule has 5 aromatic rings. The molecule has 0 aliphatic rings. The Morgan fingerprint density at radius 3 is 2.04 bits per heavy atom. The second-order valence-corrected chi connectivity index (χ2v) is 10.0. The van der Waals surface area contributed by atoms with E-state index in [0.717, 1.165) is 17.7 Å². The van der Waals surface area contributed by atoms with Crippen LogP contribution < -0.4 is 4.74 Å². The number of carboxylic acids is 1. The fourth-order valence-corrected chi connectivity index (χ4v) is 4.67. The van der Waals surface area contributed by atoms with Gasteiger partial charge in [-0.2, -0.15) is 31.4 Å². The van der Waals surface area contributed by atoms with Crippen molar-refractivity contribution in [3.05, 3.63) is 126 Å². The van der Waals surface area contributed by atoms with Crippen molar-refractivity contribution in [3.8, 4) is 34.0 Å². The molecule has 0 unspecified atom stereocenters. The molecular weight excluding hydrogens is 600 g/mol. The summed E-state index contributed by atoms with van der Waals surface area (Å²) in [6.45, 7) is 5.84. The lowest BCUT2D eigenvalue weighted by Crippen LogP contribution is -2.18. The average molecular weight is 624 g/mol. The quantitative estimate of drug-likeness (QED) is 0.175. The molecule has 45 heavy (non-hydrogen) atoms. The number of pyridine rings is 1. The first-order valence-electron chi connectivity index (χ1n) is 13.3. The first kappa shape index (κ1) is 31.0. The van der Waals surface area contributed by atoms with Gasteiger partial charge in [0.2, 0.25) is 0 Å². The Hall–Kier alpha value is -5.39. The second kappa shape index (κ2) is 11.9. The van der Waals surface area contributed by atoms with E-state index < -0.39 is 35.1 Å². The monoisotopic (exact) mass is 623 g/mol. The Labute approximate surface area is 252 Å². The predicted molar refractivity (Wildman–Crippen MR) is 155 cm³/mol. The van der Waals surface area contributed by atoms with Gasteiger partial charge in [-0.05, 0) is 59.5 Å². The number of hydrogen-bond donors (Lipinski definition) is 1. The molecule has 0 aliphatic carbocycles. The summed E-state index contributed by atoms with van der Waals surface area (Å²) in [5, 5.41) is 12.9. The van der Waals surface area contributed by atoms with Gasteiger partial charge in [-0.3, -0.25) is 0 Å². The van der Waals surface area contributed by atoms with E-state index in [4.69, 9.17) is 4.74 Å². The normalized spacial score (nSPS) is 11.8. The fourth-order valence-electron chi connectivity index (χ4n) is 4.67. The zero-order valence-electron chi connectivity index (χ0n) is 23.4. The van der Waals surface area contributed by atoms with Gasteiger partial charge in [0.05, 0.1) is 17.5 Å². The number of halogens is 6. The van der Waals surface area contributed by atoms with E-state index in [9.17, 15) is 36.2 Å². The maximum Gasteiger partial charge on any atom is 0.434 e. The molecule has 1 N–H and O–H groups in total. The number of carboxylic acid groups (broad SMARTS) is 1. The summed E-state index contributed by atoms with van der Waals surface area (Å²) < 4.78 is 86.9. The van der Waals surface area contributed by atoms with Crippen LogP contribution in [0.5, 0.6) is 5.75 Å². The lowest BCUT2D eigenvalue weighted by atomic mass is 10.0. The van der Waals surface area contributed by atoms with Crippen LogP contribution in [0.15, 0.2) is 97.7 Å². The topological polar surface area (TPSA) is 77.2 Å². The summed E-state index contributed by atoms with van der Waals surface area (Å²) in [4.78, 5) is 15.8. The van der Waals surface area contributed by atoms with Crippen molar-refractivity contribution in [1.82, 2.24) is 14.8 Å². The third kappa shape index (κ3) is 6.59. The van der Waals surface area contributed by atoms with Crippen LogP contribution in [0, 0.1) is 0 Å². The molecule has 0 atom stereocenters. The maximum absolute atomic E-state index is 13.8. The molecule has 0 fully saturated rings. The first-order chi connectivity index (χ1) is 21.2. The maximum atomic E-state index is 13.8. The van der Waals surface area contributed by atoms with Gasteiger partial charge >= 0.3 is 18.3 Å². The van der Waals surface area contributed by atoms with E-state index in [0.29, 0.717) is 44.5 Å². The molecule has 12 heteroatoms. The van der Waals surface area contributed by atoms with Crippen LogP contribution in [0.25, 0.3) is 33.8 Å². The lowest BCUT2D eigenvalue weighted by molar-refractivity contribution is -0.143. The van der Waals surface area contributed by atoms with Gasteiger partial charge in [0.1, 0.15) is 17.9 Å². The molecule has 0 spiro atoms. The minimum Gasteiger partial charge on any atom is -0.488 e. The van der Waals surface area contributed by atoms with Crippen LogP contribution in [-0.4, -0.2) is 25.8 Å². The molecule has 2 aromatic heterocycles. The van der Waals surface area contributed by atoms with Crippen LogP contribution in [0.1, 0.15) is 39.7 Å². The van der Waals surface area contributed by atoms with Gasteiger partial charge in [-0.1, -0.05) is 61.2 Å². The molecule has 6 nitrogen and oxygen atoms in total. The number of para-hydroxylation sites is 1. The molecule has 0 bridgehead atoms. The van der Waals surface area contributed by atoms with E-state index in [-0.39, 0.29) is 18.1 Å². The third-order valence-corrected chi connectivity index (χ3v) is 6.85. The molecule has 0 radical (unpaired) electrons. The highest BCUT2D eigenvalue weighted by atomic mass is 19.4. The van der Waals surface area contributed by atoms with Crippen LogP contribution >= 0.6 is 0 Å². The number of aromatic carboxylic acids is 1. The van der Waals surface area contributed by atoms with E-state index in [1.54, 1.807) is 55.5 Å². The molecule has 0 saturated carbocycles.